The summed E-state index contributed by atoms with van der Waals surface area (Å²) in [7, 11) is -2.03. The molecular formula is C20H22ClN3O4S. The molecule has 4 rings (SSSR count). The van der Waals surface area contributed by atoms with Gasteiger partial charge in [0.15, 0.2) is 0 Å². The molecule has 7 nitrogen and oxygen atoms in total. The Hall–Kier alpha value is -2.29. The lowest BCUT2D eigenvalue weighted by Gasteiger charge is -2.32. The third-order valence-corrected chi connectivity index (χ3v) is 7.37. The minimum Gasteiger partial charge on any atom is -0.495 e. The molecule has 2 fully saturated rings. The molecular weight excluding hydrogens is 414 g/mol. The van der Waals surface area contributed by atoms with Crippen LogP contribution in [0.1, 0.15) is 12.8 Å². The zero-order valence-corrected chi connectivity index (χ0v) is 17.4. The first-order valence-electron chi connectivity index (χ1n) is 9.36. The van der Waals surface area contributed by atoms with Crippen molar-refractivity contribution in [1.29, 1.82) is 0 Å². The third kappa shape index (κ3) is 4.05. The van der Waals surface area contributed by atoms with Crippen LogP contribution < -0.4 is 14.8 Å². The predicted octanol–water partition coefficient (Wildman–Crippen LogP) is 3.32. The second-order valence-electron chi connectivity index (χ2n) is 7.36. The molecule has 154 valence electrons. The summed E-state index contributed by atoms with van der Waals surface area (Å²) in [5.74, 6) is 0.641. The highest BCUT2D eigenvalue weighted by Gasteiger charge is 2.47. The summed E-state index contributed by atoms with van der Waals surface area (Å²) in [4.78, 5) is 14.7. The van der Waals surface area contributed by atoms with Gasteiger partial charge < -0.3 is 15.0 Å². The van der Waals surface area contributed by atoms with Crippen LogP contribution >= 0.6 is 11.6 Å². The molecule has 0 spiro atoms. The molecule has 29 heavy (non-hydrogen) atoms. The molecule has 1 aliphatic carbocycles. The molecule has 1 heterocycles. The number of carbonyl (C=O) groups excluding carboxylic acids is 1. The number of halogens is 1. The first kappa shape index (κ1) is 20.0. The smallest absolute Gasteiger partial charge is 0.322 e. The molecule has 0 aromatic heterocycles. The summed E-state index contributed by atoms with van der Waals surface area (Å²) in [6.07, 6.45) is 1.40. The zero-order chi connectivity index (χ0) is 20.6. The van der Waals surface area contributed by atoms with Crippen LogP contribution in [0.15, 0.2) is 53.4 Å². The fraction of sp³-hybridized carbons (Fsp3) is 0.350. The van der Waals surface area contributed by atoms with Crippen molar-refractivity contribution in [2.24, 2.45) is 5.92 Å². The maximum absolute atomic E-state index is 12.7. The molecule has 1 saturated heterocycles. The van der Waals surface area contributed by atoms with Gasteiger partial charge in [-0.3, -0.25) is 0 Å². The van der Waals surface area contributed by atoms with Gasteiger partial charge in [-0.15, -0.1) is 0 Å². The first-order chi connectivity index (χ1) is 13.9. The standard InChI is InChI=1S/C20H22ClN3O4S/c1-28-19-8-7-14(10-17(19)21)22-20(25)24-12-13-9-15(24)11-18(13)23-29(26,27)16-5-3-2-4-6-16/h2-8,10,13,15,18,23H,9,11-12H2,1H3,(H,22,25)/t13-,15-,18-/m0/s1. The van der Waals surface area contributed by atoms with Gasteiger partial charge in [-0.2, -0.15) is 0 Å². The van der Waals surface area contributed by atoms with Gasteiger partial charge in [0.25, 0.3) is 0 Å². The van der Waals surface area contributed by atoms with Gasteiger partial charge in [0.1, 0.15) is 5.75 Å². The minimum absolute atomic E-state index is 0.0113. The van der Waals surface area contributed by atoms with E-state index in [-0.39, 0.29) is 28.9 Å². The number of benzene rings is 2. The average Bonchev–Trinajstić information content (AvgIpc) is 3.29. The summed E-state index contributed by atoms with van der Waals surface area (Å²) in [6, 6.07) is 13.1. The first-order valence-corrected chi connectivity index (χ1v) is 11.2. The highest BCUT2D eigenvalue weighted by molar-refractivity contribution is 7.89. The van der Waals surface area contributed by atoms with E-state index >= 15 is 0 Å². The molecule has 2 aromatic carbocycles. The Morgan fingerprint density at radius 1 is 1.17 bits per heavy atom. The summed E-state index contributed by atoms with van der Waals surface area (Å²) in [5.41, 5.74) is 0.588. The highest BCUT2D eigenvalue weighted by atomic mass is 35.5. The molecule has 2 N–H and O–H groups in total. The molecule has 3 atom stereocenters. The van der Waals surface area contributed by atoms with Crippen molar-refractivity contribution in [3.63, 3.8) is 0 Å². The number of piperidine rings is 1. The number of nitrogens with one attached hydrogen (secondary N) is 2. The van der Waals surface area contributed by atoms with E-state index in [0.29, 0.717) is 29.4 Å². The summed E-state index contributed by atoms with van der Waals surface area (Å²) >= 11 is 6.11. The number of amides is 2. The average molecular weight is 436 g/mol. The molecule has 0 radical (unpaired) electrons. The van der Waals surface area contributed by atoms with Crippen LogP contribution in [0.4, 0.5) is 10.5 Å². The number of anilines is 1. The molecule has 2 bridgehead atoms. The van der Waals surface area contributed by atoms with Gasteiger partial charge in [-0.1, -0.05) is 29.8 Å². The summed E-state index contributed by atoms with van der Waals surface area (Å²) in [6.45, 7) is 0.516. The lowest BCUT2D eigenvalue weighted by molar-refractivity contribution is 0.188. The van der Waals surface area contributed by atoms with Gasteiger partial charge >= 0.3 is 6.03 Å². The quantitative estimate of drug-likeness (QED) is 0.754. The molecule has 1 aliphatic heterocycles. The van der Waals surface area contributed by atoms with E-state index in [9.17, 15) is 13.2 Å². The van der Waals surface area contributed by atoms with Crippen molar-refractivity contribution < 1.29 is 17.9 Å². The molecule has 0 unspecified atom stereocenters. The lowest BCUT2D eigenvalue weighted by Crippen LogP contribution is -2.48. The van der Waals surface area contributed by atoms with Gasteiger partial charge in [-0.05, 0) is 49.1 Å². The number of nitrogens with zero attached hydrogens (tertiary/aromatic N) is 1. The molecule has 2 amide bonds. The molecule has 2 aliphatic rings. The van der Waals surface area contributed by atoms with Crippen LogP contribution in [-0.2, 0) is 10.0 Å². The summed E-state index contributed by atoms with van der Waals surface area (Å²) in [5, 5.41) is 3.28. The topological polar surface area (TPSA) is 87.7 Å². The number of fused-ring (bicyclic) bond motifs is 2. The Bertz CT molecular complexity index is 1020. The number of urea groups is 1. The number of rotatable bonds is 5. The second kappa shape index (κ2) is 7.85. The fourth-order valence-electron chi connectivity index (χ4n) is 4.15. The van der Waals surface area contributed by atoms with Crippen LogP contribution in [-0.4, -0.2) is 45.1 Å². The van der Waals surface area contributed by atoms with Crippen LogP contribution in [0.3, 0.4) is 0 Å². The van der Waals surface area contributed by atoms with Gasteiger partial charge in [0, 0.05) is 24.3 Å². The predicted molar refractivity (Wildman–Crippen MR) is 111 cm³/mol. The van der Waals surface area contributed by atoms with E-state index < -0.39 is 10.0 Å². The van der Waals surface area contributed by atoms with Crippen LogP contribution in [0.2, 0.25) is 5.02 Å². The van der Waals surface area contributed by atoms with Crippen molar-refractivity contribution in [3.8, 4) is 5.75 Å². The maximum atomic E-state index is 12.7. The monoisotopic (exact) mass is 435 g/mol. The number of ether oxygens (including phenoxy) is 1. The van der Waals surface area contributed by atoms with E-state index in [1.54, 1.807) is 53.4 Å². The van der Waals surface area contributed by atoms with Gasteiger partial charge in [-0.25, -0.2) is 17.9 Å². The Morgan fingerprint density at radius 2 is 1.93 bits per heavy atom. The number of likely N-dealkylation sites (tertiary alicyclic amines) is 1. The number of hydrogen-bond donors (Lipinski definition) is 2. The second-order valence-corrected chi connectivity index (χ2v) is 9.48. The van der Waals surface area contributed by atoms with Crippen LogP contribution in [0.5, 0.6) is 5.75 Å². The van der Waals surface area contributed by atoms with E-state index in [0.717, 1.165) is 6.42 Å². The Labute approximate surface area is 175 Å². The third-order valence-electron chi connectivity index (χ3n) is 5.57. The van der Waals surface area contributed by atoms with Crippen molar-refractivity contribution in [2.45, 2.75) is 29.8 Å². The molecule has 9 heteroatoms. The highest BCUT2D eigenvalue weighted by Crippen LogP contribution is 2.39. The number of hydrogen-bond acceptors (Lipinski definition) is 4. The fourth-order valence-corrected chi connectivity index (χ4v) is 5.75. The normalized spacial score (nSPS) is 23.2. The molecule has 2 aromatic rings. The van der Waals surface area contributed by atoms with Crippen molar-refractivity contribution in [1.82, 2.24) is 9.62 Å². The van der Waals surface area contributed by atoms with E-state index in [1.807, 2.05) is 0 Å². The minimum atomic E-state index is -3.56. The largest absolute Gasteiger partial charge is 0.495 e. The number of sulfonamides is 1. The van der Waals surface area contributed by atoms with Crippen LogP contribution in [0.25, 0.3) is 0 Å². The SMILES string of the molecule is COc1ccc(NC(=O)N2C[C@@H]3C[C@H]2C[C@@H]3NS(=O)(=O)c2ccccc2)cc1Cl. The maximum Gasteiger partial charge on any atom is 0.322 e. The van der Waals surface area contributed by atoms with Crippen molar-refractivity contribution >= 4 is 33.3 Å². The Balaban J connectivity index is 1.38. The lowest BCUT2D eigenvalue weighted by atomic mass is 10.0. The zero-order valence-electron chi connectivity index (χ0n) is 15.8. The van der Waals surface area contributed by atoms with Crippen molar-refractivity contribution in [2.75, 3.05) is 19.0 Å². The molecule has 1 saturated carbocycles. The van der Waals surface area contributed by atoms with Crippen molar-refractivity contribution in [3.05, 3.63) is 53.6 Å². The Kier molecular flexibility index (Phi) is 5.42. The number of carbonyl (C=O) groups is 1. The van der Waals surface area contributed by atoms with Gasteiger partial charge in [0.2, 0.25) is 10.0 Å². The van der Waals surface area contributed by atoms with E-state index in [1.165, 1.54) is 7.11 Å². The Morgan fingerprint density at radius 3 is 2.55 bits per heavy atom. The van der Waals surface area contributed by atoms with Crippen LogP contribution in [0, 0.1) is 5.92 Å². The van der Waals surface area contributed by atoms with E-state index in [4.69, 9.17) is 16.3 Å². The van der Waals surface area contributed by atoms with Gasteiger partial charge in [0.05, 0.1) is 17.0 Å². The number of methoxy groups -OCH3 is 1. The van der Waals surface area contributed by atoms with E-state index in [2.05, 4.69) is 10.0 Å². The summed E-state index contributed by atoms with van der Waals surface area (Å²) < 4.78 is 33.1.